The summed E-state index contributed by atoms with van der Waals surface area (Å²) in [5, 5.41) is 13.5. The third-order valence-corrected chi connectivity index (χ3v) is 11.8. The van der Waals surface area contributed by atoms with Crippen molar-refractivity contribution in [3.63, 3.8) is 0 Å². The summed E-state index contributed by atoms with van der Waals surface area (Å²) < 4.78 is 11.6. The molecule has 13 nitrogen and oxygen atoms in total. The zero-order chi connectivity index (χ0) is 39.2. The SMILES string of the molecule is Cc1cc(C[C@@H](OC(=O)N2CCC(N3CCc4ccccc4NC3=O)CC2)C(=O)N2CCC(N3CCN(CC(=O)Oc4ccccc4)CC3)CC2)cc(C)c1O. The molecule has 4 heterocycles. The number of ether oxygens (including phenoxy) is 2. The van der Waals surface area contributed by atoms with Gasteiger partial charge in [0.25, 0.3) is 5.91 Å². The number of rotatable bonds is 9. The van der Waals surface area contributed by atoms with E-state index in [4.69, 9.17) is 9.47 Å². The van der Waals surface area contributed by atoms with Crippen LogP contribution in [0, 0.1) is 13.8 Å². The van der Waals surface area contributed by atoms with Crippen LogP contribution in [0.1, 0.15) is 47.9 Å². The average molecular weight is 767 g/mol. The van der Waals surface area contributed by atoms with Crippen LogP contribution in [0.3, 0.4) is 0 Å². The second-order valence-electron chi connectivity index (χ2n) is 15.6. The van der Waals surface area contributed by atoms with Crippen LogP contribution in [-0.4, -0.2) is 137 Å². The zero-order valence-corrected chi connectivity index (χ0v) is 32.5. The number of anilines is 1. The van der Waals surface area contributed by atoms with E-state index in [1.807, 2.05) is 78.2 Å². The maximum absolute atomic E-state index is 14.2. The Labute approximate surface area is 329 Å². The summed E-state index contributed by atoms with van der Waals surface area (Å²) in [6.45, 7) is 9.67. The number of likely N-dealkylation sites (tertiary alicyclic amines) is 2. The van der Waals surface area contributed by atoms with Gasteiger partial charge in [-0.05, 0) is 86.4 Å². The van der Waals surface area contributed by atoms with Gasteiger partial charge in [0.2, 0.25) is 0 Å². The molecule has 4 aliphatic heterocycles. The molecule has 0 bridgehead atoms. The Morgan fingerprint density at radius 1 is 0.786 bits per heavy atom. The number of hydrogen-bond acceptors (Lipinski definition) is 9. The normalized spacial score (nSPS) is 19.5. The van der Waals surface area contributed by atoms with Crippen molar-refractivity contribution in [1.82, 2.24) is 24.5 Å². The topological polar surface area (TPSA) is 135 Å². The van der Waals surface area contributed by atoms with Crippen LogP contribution in [-0.2, 0) is 27.2 Å². The molecule has 0 spiro atoms. The quantitative estimate of drug-likeness (QED) is 0.232. The zero-order valence-electron chi connectivity index (χ0n) is 32.5. The van der Waals surface area contributed by atoms with E-state index >= 15 is 0 Å². The number of phenols is 1. The predicted octanol–water partition coefficient (Wildman–Crippen LogP) is 4.83. The first kappa shape index (κ1) is 39.1. The van der Waals surface area contributed by atoms with Crippen LogP contribution in [0.4, 0.5) is 15.3 Å². The number of esters is 1. The van der Waals surface area contributed by atoms with Gasteiger partial charge in [0.05, 0.1) is 6.54 Å². The fraction of sp³-hybridized carbons (Fsp3) is 0.488. The molecule has 7 rings (SSSR count). The van der Waals surface area contributed by atoms with Crippen molar-refractivity contribution >= 4 is 29.7 Å². The standard InChI is InChI=1S/C43H54N6O7/c1-30-26-32(27-31(2)40(30)51)28-38(56-43(54)48-19-15-35(16-20-48)49-21-12-33-8-6-7-11-37(33)44-42(49)53)41(52)47-17-13-34(14-18-47)46-24-22-45(23-25-46)29-39(50)55-36-9-4-3-5-10-36/h3-11,26-27,34-35,38,51H,12-25,28-29H2,1-2H3,(H,44,53)/t38-/m1/s1. The van der Waals surface area contributed by atoms with E-state index in [9.17, 15) is 24.3 Å². The molecule has 0 saturated carbocycles. The smallest absolute Gasteiger partial charge is 0.410 e. The Morgan fingerprint density at radius 2 is 1.41 bits per heavy atom. The third-order valence-electron chi connectivity index (χ3n) is 11.8. The van der Waals surface area contributed by atoms with E-state index in [0.29, 0.717) is 68.5 Å². The first-order valence-electron chi connectivity index (χ1n) is 20.0. The summed E-state index contributed by atoms with van der Waals surface area (Å²) in [5.74, 6) is 0.295. The second kappa shape index (κ2) is 17.8. The average Bonchev–Trinajstić information content (AvgIpc) is 3.38. The van der Waals surface area contributed by atoms with Gasteiger partial charge >= 0.3 is 18.1 Å². The molecule has 0 radical (unpaired) electrons. The highest BCUT2D eigenvalue weighted by molar-refractivity contribution is 5.91. The number of piperidine rings is 2. The number of para-hydroxylation sites is 2. The van der Waals surface area contributed by atoms with Crippen molar-refractivity contribution in [3.05, 3.63) is 89.0 Å². The summed E-state index contributed by atoms with van der Waals surface area (Å²) in [4.78, 5) is 63.5. The van der Waals surface area contributed by atoms with E-state index in [1.54, 1.807) is 17.0 Å². The van der Waals surface area contributed by atoms with Crippen LogP contribution in [0.5, 0.6) is 11.5 Å². The lowest BCUT2D eigenvalue weighted by Crippen LogP contribution is -2.55. The molecule has 298 valence electrons. The fourth-order valence-electron chi connectivity index (χ4n) is 8.63. The number of fused-ring (bicyclic) bond motifs is 1. The molecular weight excluding hydrogens is 713 g/mol. The number of carbonyl (C=O) groups is 4. The molecular formula is C43H54N6O7. The number of nitrogens with one attached hydrogen (secondary N) is 1. The third kappa shape index (κ3) is 9.44. The van der Waals surface area contributed by atoms with Crippen molar-refractivity contribution < 1.29 is 33.8 Å². The van der Waals surface area contributed by atoms with Crippen LogP contribution < -0.4 is 10.1 Å². The number of carbonyl (C=O) groups excluding carboxylic acids is 4. The summed E-state index contributed by atoms with van der Waals surface area (Å²) in [6, 6.07) is 20.9. The first-order chi connectivity index (χ1) is 27.1. The van der Waals surface area contributed by atoms with Gasteiger partial charge in [0, 0.05) is 83.1 Å². The monoisotopic (exact) mass is 766 g/mol. The number of urea groups is 1. The summed E-state index contributed by atoms with van der Waals surface area (Å²) in [7, 11) is 0. The number of hydrogen-bond donors (Lipinski definition) is 2. The number of aryl methyl sites for hydroxylation is 2. The lowest BCUT2D eigenvalue weighted by atomic mass is 9.98. The molecule has 0 aromatic heterocycles. The first-order valence-corrected chi connectivity index (χ1v) is 20.0. The van der Waals surface area contributed by atoms with Gasteiger partial charge in [-0.2, -0.15) is 0 Å². The molecule has 1 atom stereocenters. The van der Waals surface area contributed by atoms with Crippen LogP contribution in [0.2, 0.25) is 0 Å². The van der Waals surface area contributed by atoms with E-state index in [-0.39, 0.29) is 42.7 Å². The number of nitrogens with zero attached hydrogens (tertiary/aromatic N) is 5. The van der Waals surface area contributed by atoms with Gasteiger partial charge in [-0.25, -0.2) is 9.59 Å². The van der Waals surface area contributed by atoms with E-state index in [0.717, 1.165) is 62.3 Å². The van der Waals surface area contributed by atoms with Crippen LogP contribution >= 0.6 is 0 Å². The Hall–Kier alpha value is -5.14. The minimum atomic E-state index is -1.02. The highest BCUT2D eigenvalue weighted by atomic mass is 16.6. The molecule has 2 N–H and O–H groups in total. The Bertz CT molecular complexity index is 1840. The highest BCUT2D eigenvalue weighted by Crippen LogP contribution is 2.28. The summed E-state index contributed by atoms with van der Waals surface area (Å²) in [6.07, 6.45) is 2.27. The molecule has 3 fully saturated rings. The van der Waals surface area contributed by atoms with Gasteiger partial charge in [0.15, 0.2) is 6.10 Å². The minimum absolute atomic E-state index is 0.00541. The Balaban J connectivity index is 0.923. The molecule has 0 aliphatic carbocycles. The lowest BCUT2D eigenvalue weighted by molar-refractivity contribution is -0.142. The van der Waals surface area contributed by atoms with Crippen LogP contribution in [0.25, 0.3) is 0 Å². The largest absolute Gasteiger partial charge is 0.507 e. The fourth-order valence-corrected chi connectivity index (χ4v) is 8.63. The molecule has 13 heteroatoms. The van der Waals surface area contributed by atoms with E-state index < -0.39 is 12.2 Å². The molecule has 4 amide bonds. The van der Waals surface area contributed by atoms with Crippen LogP contribution in [0.15, 0.2) is 66.7 Å². The molecule has 0 unspecified atom stereocenters. The Morgan fingerprint density at radius 3 is 2.11 bits per heavy atom. The maximum atomic E-state index is 14.2. The van der Waals surface area contributed by atoms with E-state index in [1.165, 1.54) is 0 Å². The van der Waals surface area contributed by atoms with Gasteiger partial charge in [-0.1, -0.05) is 48.5 Å². The molecule has 3 aromatic rings. The Kier molecular flexibility index (Phi) is 12.4. The molecule has 3 saturated heterocycles. The summed E-state index contributed by atoms with van der Waals surface area (Å²) >= 11 is 0. The number of benzene rings is 3. The van der Waals surface area contributed by atoms with Crippen molar-refractivity contribution in [1.29, 1.82) is 0 Å². The van der Waals surface area contributed by atoms with Gasteiger partial charge in [-0.15, -0.1) is 0 Å². The highest BCUT2D eigenvalue weighted by Gasteiger charge is 2.37. The van der Waals surface area contributed by atoms with Crippen molar-refractivity contribution in [2.75, 3.05) is 70.8 Å². The van der Waals surface area contributed by atoms with Gasteiger partial charge < -0.3 is 34.6 Å². The molecule has 3 aromatic carbocycles. The summed E-state index contributed by atoms with van der Waals surface area (Å²) in [5.41, 5.74) is 4.18. The maximum Gasteiger partial charge on any atom is 0.410 e. The number of phenolic OH excluding ortho intramolecular Hbond substituents is 1. The number of amides is 4. The van der Waals surface area contributed by atoms with E-state index in [2.05, 4.69) is 15.1 Å². The van der Waals surface area contributed by atoms with Gasteiger partial charge in [0.1, 0.15) is 11.5 Å². The van der Waals surface area contributed by atoms with Gasteiger partial charge in [-0.3, -0.25) is 19.4 Å². The molecule has 56 heavy (non-hydrogen) atoms. The number of aromatic hydroxyl groups is 1. The second-order valence-corrected chi connectivity index (χ2v) is 15.6. The predicted molar refractivity (Wildman–Crippen MR) is 212 cm³/mol. The minimum Gasteiger partial charge on any atom is -0.507 e. The molecule has 4 aliphatic rings. The van der Waals surface area contributed by atoms with Crippen molar-refractivity contribution in [2.24, 2.45) is 0 Å². The van der Waals surface area contributed by atoms with Crippen molar-refractivity contribution in [3.8, 4) is 11.5 Å². The lowest BCUT2D eigenvalue weighted by Gasteiger charge is -2.43. The number of piperazine rings is 1. The van der Waals surface area contributed by atoms with Crippen molar-refractivity contribution in [2.45, 2.75) is 70.6 Å².